The predicted molar refractivity (Wildman–Crippen MR) is 80.1 cm³/mol. The van der Waals surface area contributed by atoms with E-state index in [4.69, 9.17) is 0 Å². The Hall–Kier alpha value is -0.120. The maximum atomic E-state index is 3.66. The minimum atomic E-state index is 0.754. The molecule has 18 heavy (non-hydrogen) atoms. The predicted octanol–water partition coefficient (Wildman–Crippen LogP) is 2.04. The van der Waals surface area contributed by atoms with Crippen LogP contribution in [-0.2, 0) is 0 Å². The van der Waals surface area contributed by atoms with Gasteiger partial charge >= 0.3 is 0 Å². The summed E-state index contributed by atoms with van der Waals surface area (Å²) in [6.45, 7) is 17.6. The van der Waals surface area contributed by atoms with E-state index in [9.17, 15) is 0 Å². The molecule has 108 valence electrons. The zero-order chi connectivity index (χ0) is 13.4. The quantitative estimate of drug-likeness (QED) is 0.716. The summed E-state index contributed by atoms with van der Waals surface area (Å²) in [7, 11) is 0. The Morgan fingerprint density at radius 2 is 1.89 bits per heavy atom. The van der Waals surface area contributed by atoms with Crippen LogP contribution in [0.1, 0.15) is 40.5 Å². The van der Waals surface area contributed by atoms with E-state index < -0.39 is 0 Å². The second-order valence-corrected chi connectivity index (χ2v) is 5.45. The lowest BCUT2D eigenvalue weighted by Crippen LogP contribution is -2.50. The summed E-state index contributed by atoms with van der Waals surface area (Å²) in [6, 6.07) is 0.754. The number of nitrogens with zero attached hydrogens (tertiary/aromatic N) is 2. The smallest absolute Gasteiger partial charge is 0.0119 e. The molecule has 3 heteroatoms. The Kier molecular flexibility index (Phi) is 7.87. The normalized spacial score (nSPS) is 25.8. The average molecular weight is 255 g/mol. The number of piperidine rings is 1. The zero-order valence-corrected chi connectivity index (χ0v) is 12.9. The van der Waals surface area contributed by atoms with E-state index in [2.05, 4.69) is 42.8 Å². The van der Waals surface area contributed by atoms with Crippen LogP contribution in [0.25, 0.3) is 0 Å². The van der Waals surface area contributed by atoms with Crippen LogP contribution < -0.4 is 5.32 Å². The largest absolute Gasteiger partial charge is 0.314 e. The first-order valence-corrected chi connectivity index (χ1v) is 7.93. The summed E-state index contributed by atoms with van der Waals surface area (Å²) in [5, 5.41) is 3.66. The summed E-state index contributed by atoms with van der Waals surface area (Å²) in [5.41, 5.74) is 0. The number of hydrogen-bond donors (Lipinski definition) is 1. The molecule has 0 amide bonds. The summed E-state index contributed by atoms with van der Waals surface area (Å²) in [4.78, 5) is 5.19. The van der Waals surface area contributed by atoms with Crippen molar-refractivity contribution in [2.45, 2.75) is 46.6 Å². The minimum absolute atomic E-state index is 0.754. The van der Waals surface area contributed by atoms with Gasteiger partial charge in [0.25, 0.3) is 0 Å². The highest BCUT2D eigenvalue weighted by atomic mass is 15.2. The van der Waals surface area contributed by atoms with Crippen LogP contribution in [0, 0.1) is 5.92 Å². The molecule has 1 heterocycles. The molecule has 0 radical (unpaired) electrons. The van der Waals surface area contributed by atoms with Crippen molar-refractivity contribution in [2.75, 3.05) is 45.8 Å². The number of likely N-dealkylation sites (tertiary alicyclic amines) is 1. The van der Waals surface area contributed by atoms with Gasteiger partial charge in [0.1, 0.15) is 0 Å². The number of nitrogens with one attached hydrogen (secondary N) is 1. The summed E-state index contributed by atoms with van der Waals surface area (Å²) < 4.78 is 0. The second-order valence-electron chi connectivity index (χ2n) is 5.45. The summed E-state index contributed by atoms with van der Waals surface area (Å²) in [5.74, 6) is 0.843. The fourth-order valence-electron chi connectivity index (χ4n) is 3.08. The van der Waals surface area contributed by atoms with Gasteiger partial charge in [-0.2, -0.15) is 0 Å². The van der Waals surface area contributed by atoms with Gasteiger partial charge in [-0.25, -0.2) is 0 Å². The molecule has 1 aliphatic heterocycles. The molecule has 0 aromatic rings. The first kappa shape index (κ1) is 15.9. The number of hydrogen-bond acceptors (Lipinski definition) is 3. The van der Waals surface area contributed by atoms with Crippen LogP contribution in [0.15, 0.2) is 0 Å². The van der Waals surface area contributed by atoms with Crippen LogP contribution in [0.5, 0.6) is 0 Å². The monoisotopic (exact) mass is 255 g/mol. The fraction of sp³-hybridized carbons (Fsp3) is 1.00. The van der Waals surface area contributed by atoms with Crippen molar-refractivity contribution in [2.24, 2.45) is 5.92 Å². The maximum Gasteiger partial charge on any atom is 0.0119 e. The molecule has 1 fully saturated rings. The third-order valence-electron chi connectivity index (χ3n) is 4.44. The lowest BCUT2D eigenvalue weighted by molar-refractivity contribution is 0.121. The van der Waals surface area contributed by atoms with E-state index in [1.54, 1.807) is 0 Å². The minimum Gasteiger partial charge on any atom is -0.314 e. The Morgan fingerprint density at radius 1 is 1.17 bits per heavy atom. The topological polar surface area (TPSA) is 18.5 Å². The van der Waals surface area contributed by atoms with Crippen LogP contribution in [0.3, 0.4) is 0 Å². The third-order valence-corrected chi connectivity index (χ3v) is 4.44. The Morgan fingerprint density at radius 3 is 2.44 bits per heavy atom. The van der Waals surface area contributed by atoms with Crippen molar-refractivity contribution < 1.29 is 0 Å². The lowest BCUT2D eigenvalue weighted by Gasteiger charge is -2.39. The summed E-state index contributed by atoms with van der Waals surface area (Å²) >= 11 is 0. The standard InChI is InChI=1S/C15H33N3/c1-5-14-13-18(10-9-15(14)16-6-2)12-11-17(7-3)8-4/h14-16H,5-13H2,1-4H3. The van der Waals surface area contributed by atoms with Crippen molar-refractivity contribution in [1.82, 2.24) is 15.1 Å². The van der Waals surface area contributed by atoms with Gasteiger partial charge < -0.3 is 15.1 Å². The van der Waals surface area contributed by atoms with Gasteiger partial charge in [0, 0.05) is 25.7 Å². The first-order valence-electron chi connectivity index (χ1n) is 7.93. The van der Waals surface area contributed by atoms with Gasteiger partial charge in [-0.15, -0.1) is 0 Å². The van der Waals surface area contributed by atoms with Crippen molar-refractivity contribution >= 4 is 0 Å². The highest BCUT2D eigenvalue weighted by molar-refractivity contribution is 4.84. The van der Waals surface area contributed by atoms with Crippen LogP contribution in [0.4, 0.5) is 0 Å². The molecule has 1 aliphatic rings. The Balaban J connectivity index is 2.33. The van der Waals surface area contributed by atoms with Crippen molar-refractivity contribution in [3.63, 3.8) is 0 Å². The first-order chi connectivity index (χ1) is 8.74. The van der Waals surface area contributed by atoms with Gasteiger partial charge in [0.05, 0.1) is 0 Å². The Labute approximate surface area is 114 Å². The molecule has 0 bridgehead atoms. The maximum absolute atomic E-state index is 3.66. The molecule has 2 atom stereocenters. The number of rotatable bonds is 8. The highest BCUT2D eigenvalue weighted by Crippen LogP contribution is 2.20. The van der Waals surface area contributed by atoms with Gasteiger partial charge in [0.15, 0.2) is 0 Å². The molecule has 0 aromatic carbocycles. The second kappa shape index (κ2) is 8.89. The molecule has 1 rings (SSSR count). The van der Waals surface area contributed by atoms with Crippen LogP contribution >= 0.6 is 0 Å². The van der Waals surface area contributed by atoms with E-state index in [1.165, 1.54) is 52.1 Å². The molecule has 1 saturated heterocycles. The Bertz CT molecular complexity index is 204. The van der Waals surface area contributed by atoms with Crippen LogP contribution in [0.2, 0.25) is 0 Å². The molecule has 1 N–H and O–H groups in total. The van der Waals surface area contributed by atoms with Crippen LogP contribution in [-0.4, -0.2) is 61.7 Å². The third kappa shape index (κ3) is 4.87. The molecule has 2 unspecified atom stereocenters. The van der Waals surface area contributed by atoms with E-state index in [1.807, 2.05) is 0 Å². The molecule has 3 nitrogen and oxygen atoms in total. The van der Waals surface area contributed by atoms with Gasteiger partial charge in [-0.3, -0.25) is 0 Å². The van der Waals surface area contributed by atoms with Crippen molar-refractivity contribution in [1.29, 1.82) is 0 Å². The average Bonchev–Trinajstić information content (AvgIpc) is 2.41. The number of likely N-dealkylation sites (N-methyl/N-ethyl adjacent to an activating group) is 1. The molecule has 0 spiro atoms. The molecular weight excluding hydrogens is 222 g/mol. The van der Waals surface area contributed by atoms with Crippen molar-refractivity contribution in [3.05, 3.63) is 0 Å². The molecule has 0 aromatic heterocycles. The fourth-order valence-corrected chi connectivity index (χ4v) is 3.08. The van der Waals surface area contributed by atoms with E-state index >= 15 is 0 Å². The molecule has 0 aliphatic carbocycles. The molecular formula is C15H33N3. The van der Waals surface area contributed by atoms with E-state index in [0.29, 0.717) is 0 Å². The SMILES string of the molecule is CCNC1CCN(CCN(CC)CC)CC1CC. The van der Waals surface area contributed by atoms with E-state index in [0.717, 1.165) is 18.5 Å². The van der Waals surface area contributed by atoms with Gasteiger partial charge in [-0.1, -0.05) is 34.1 Å². The summed E-state index contributed by atoms with van der Waals surface area (Å²) in [6.07, 6.45) is 2.63. The lowest BCUT2D eigenvalue weighted by atomic mass is 9.90. The highest BCUT2D eigenvalue weighted by Gasteiger charge is 2.26. The van der Waals surface area contributed by atoms with Gasteiger partial charge in [-0.05, 0) is 38.5 Å². The van der Waals surface area contributed by atoms with E-state index in [-0.39, 0.29) is 0 Å². The molecule has 0 saturated carbocycles. The van der Waals surface area contributed by atoms with Gasteiger partial charge in [0.2, 0.25) is 0 Å². The van der Waals surface area contributed by atoms with Crippen molar-refractivity contribution in [3.8, 4) is 0 Å². The zero-order valence-electron chi connectivity index (χ0n) is 12.9.